The van der Waals surface area contributed by atoms with Crippen molar-refractivity contribution in [2.45, 2.75) is 6.42 Å². The molecule has 0 aliphatic carbocycles. The van der Waals surface area contributed by atoms with Crippen LogP contribution in [0.2, 0.25) is 0 Å². The first-order chi connectivity index (χ1) is 7.88. The standard InChI is InChI=1S/C10H17N5O/c1-16-10-12-8-9(13-14-10)2-5-15-6-3-11-4-7-15/h8,11H,2-7H2,1H3. The molecule has 0 saturated carbocycles. The van der Waals surface area contributed by atoms with Gasteiger partial charge < -0.3 is 15.0 Å². The van der Waals surface area contributed by atoms with Gasteiger partial charge in [0.2, 0.25) is 0 Å². The highest BCUT2D eigenvalue weighted by molar-refractivity contribution is 4.98. The number of aromatic nitrogens is 3. The summed E-state index contributed by atoms with van der Waals surface area (Å²) in [7, 11) is 1.54. The molecule has 0 atom stereocenters. The summed E-state index contributed by atoms with van der Waals surface area (Å²) in [6, 6.07) is 0.325. The normalized spacial score (nSPS) is 17.3. The van der Waals surface area contributed by atoms with Crippen LogP contribution < -0.4 is 10.1 Å². The molecule has 2 heterocycles. The van der Waals surface area contributed by atoms with Crippen molar-refractivity contribution in [3.63, 3.8) is 0 Å². The Morgan fingerprint density at radius 1 is 1.38 bits per heavy atom. The number of rotatable bonds is 4. The van der Waals surface area contributed by atoms with Crippen LogP contribution in [0.15, 0.2) is 6.20 Å². The molecule has 0 radical (unpaired) electrons. The predicted molar refractivity (Wildman–Crippen MR) is 59.4 cm³/mol. The van der Waals surface area contributed by atoms with Crippen LogP contribution >= 0.6 is 0 Å². The van der Waals surface area contributed by atoms with Crippen LogP contribution in [0.1, 0.15) is 5.69 Å². The van der Waals surface area contributed by atoms with Crippen molar-refractivity contribution in [2.75, 3.05) is 39.8 Å². The van der Waals surface area contributed by atoms with Crippen molar-refractivity contribution in [1.29, 1.82) is 0 Å². The van der Waals surface area contributed by atoms with Gasteiger partial charge in [0, 0.05) is 39.1 Å². The summed E-state index contributed by atoms with van der Waals surface area (Å²) < 4.78 is 4.86. The molecule has 1 aromatic rings. The Morgan fingerprint density at radius 2 is 2.19 bits per heavy atom. The molecule has 0 aromatic carbocycles. The monoisotopic (exact) mass is 223 g/mol. The van der Waals surface area contributed by atoms with E-state index in [-0.39, 0.29) is 0 Å². The van der Waals surface area contributed by atoms with E-state index in [9.17, 15) is 0 Å². The first kappa shape index (κ1) is 11.2. The second kappa shape index (κ2) is 5.72. The molecule has 1 aliphatic heterocycles. The number of methoxy groups -OCH3 is 1. The summed E-state index contributed by atoms with van der Waals surface area (Å²) in [6.45, 7) is 5.39. The average molecular weight is 223 g/mol. The zero-order valence-corrected chi connectivity index (χ0v) is 9.52. The minimum absolute atomic E-state index is 0.325. The van der Waals surface area contributed by atoms with Crippen LogP contribution in [0, 0.1) is 0 Å². The van der Waals surface area contributed by atoms with Gasteiger partial charge in [-0.3, -0.25) is 0 Å². The molecular weight excluding hydrogens is 206 g/mol. The molecule has 16 heavy (non-hydrogen) atoms. The van der Waals surface area contributed by atoms with Gasteiger partial charge in [-0.1, -0.05) is 5.10 Å². The molecule has 0 spiro atoms. The predicted octanol–water partition coefficient (Wildman–Crippen LogP) is -0.672. The first-order valence-electron chi connectivity index (χ1n) is 5.54. The van der Waals surface area contributed by atoms with Crippen LogP contribution in [0.25, 0.3) is 0 Å². The number of hydrogen-bond donors (Lipinski definition) is 1. The van der Waals surface area contributed by atoms with Crippen molar-refractivity contribution >= 4 is 0 Å². The van der Waals surface area contributed by atoms with E-state index >= 15 is 0 Å². The van der Waals surface area contributed by atoms with Gasteiger partial charge in [-0.2, -0.15) is 0 Å². The van der Waals surface area contributed by atoms with E-state index in [0.717, 1.165) is 44.8 Å². The lowest BCUT2D eigenvalue weighted by molar-refractivity contribution is 0.243. The lowest BCUT2D eigenvalue weighted by Gasteiger charge is -2.26. The van der Waals surface area contributed by atoms with E-state index in [1.54, 1.807) is 6.20 Å². The van der Waals surface area contributed by atoms with Crippen LogP contribution in [-0.2, 0) is 6.42 Å². The minimum atomic E-state index is 0.325. The number of hydrogen-bond acceptors (Lipinski definition) is 6. The Balaban J connectivity index is 1.79. The lowest BCUT2D eigenvalue weighted by Crippen LogP contribution is -2.44. The third kappa shape index (κ3) is 3.11. The highest BCUT2D eigenvalue weighted by Gasteiger charge is 2.09. The molecule has 2 rings (SSSR count). The number of piperazine rings is 1. The van der Waals surface area contributed by atoms with E-state index in [0.29, 0.717) is 6.01 Å². The van der Waals surface area contributed by atoms with E-state index in [2.05, 4.69) is 25.4 Å². The first-order valence-corrected chi connectivity index (χ1v) is 5.54. The minimum Gasteiger partial charge on any atom is -0.466 e. The van der Waals surface area contributed by atoms with Gasteiger partial charge in [0.15, 0.2) is 0 Å². The van der Waals surface area contributed by atoms with Gasteiger partial charge >= 0.3 is 6.01 Å². The maximum Gasteiger partial charge on any atom is 0.335 e. The highest BCUT2D eigenvalue weighted by atomic mass is 16.5. The average Bonchev–Trinajstić information content (AvgIpc) is 2.38. The van der Waals surface area contributed by atoms with Crippen LogP contribution in [0.3, 0.4) is 0 Å². The third-order valence-corrected chi connectivity index (χ3v) is 2.66. The molecule has 88 valence electrons. The number of nitrogens with one attached hydrogen (secondary N) is 1. The second-order valence-corrected chi connectivity index (χ2v) is 3.78. The molecule has 1 N–H and O–H groups in total. The largest absolute Gasteiger partial charge is 0.466 e. The maximum absolute atomic E-state index is 4.86. The topological polar surface area (TPSA) is 63.2 Å². The van der Waals surface area contributed by atoms with Crippen molar-refractivity contribution in [1.82, 2.24) is 25.4 Å². The number of nitrogens with zero attached hydrogens (tertiary/aromatic N) is 4. The van der Waals surface area contributed by atoms with E-state index in [4.69, 9.17) is 4.74 Å². The smallest absolute Gasteiger partial charge is 0.335 e. The van der Waals surface area contributed by atoms with Crippen LogP contribution in [0.5, 0.6) is 6.01 Å². The molecule has 1 aliphatic rings. The maximum atomic E-state index is 4.86. The van der Waals surface area contributed by atoms with Crippen LogP contribution in [0.4, 0.5) is 0 Å². The zero-order valence-electron chi connectivity index (χ0n) is 9.52. The Labute approximate surface area is 95.0 Å². The molecule has 0 bridgehead atoms. The number of ether oxygens (including phenoxy) is 1. The quantitative estimate of drug-likeness (QED) is 0.730. The molecular formula is C10H17N5O. The molecule has 1 saturated heterocycles. The molecule has 0 unspecified atom stereocenters. The Bertz CT molecular complexity index is 309. The van der Waals surface area contributed by atoms with E-state index in [1.165, 1.54) is 7.11 Å². The van der Waals surface area contributed by atoms with Crippen molar-refractivity contribution in [2.24, 2.45) is 0 Å². The summed E-state index contributed by atoms with van der Waals surface area (Å²) in [5, 5.41) is 11.2. The SMILES string of the molecule is COc1ncc(CCN2CCNCC2)nn1. The summed E-state index contributed by atoms with van der Waals surface area (Å²) in [6.07, 6.45) is 2.62. The van der Waals surface area contributed by atoms with Crippen molar-refractivity contribution in [3.8, 4) is 6.01 Å². The van der Waals surface area contributed by atoms with E-state index < -0.39 is 0 Å². The van der Waals surface area contributed by atoms with E-state index in [1.807, 2.05) is 0 Å². The second-order valence-electron chi connectivity index (χ2n) is 3.78. The summed E-state index contributed by atoms with van der Waals surface area (Å²) >= 11 is 0. The fourth-order valence-corrected chi connectivity index (χ4v) is 1.70. The Morgan fingerprint density at radius 3 is 2.81 bits per heavy atom. The fraction of sp³-hybridized carbons (Fsp3) is 0.700. The Hall–Kier alpha value is -1.27. The van der Waals surface area contributed by atoms with Crippen molar-refractivity contribution in [3.05, 3.63) is 11.9 Å². The van der Waals surface area contributed by atoms with Gasteiger partial charge in [0.05, 0.1) is 19.0 Å². The molecule has 1 aromatic heterocycles. The zero-order chi connectivity index (χ0) is 11.2. The highest BCUT2D eigenvalue weighted by Crippen LogP contribution is 2.00. The van der Waals surface area contributed by atoms with Gasteiger partial charge in [-0.05, 0) is 0 Å². The van der Waals surface area contributed by atoms with Gasteiger partial charge in [-0.15, -0.1) is 5.10 Å². The summed E-state index contributed by atoms with van der Waals surface area (Å²) in [5.74, 6) is 0. The van der Waals surface area contributed by atoms with Crippen molar-refractivity contribution < 1.29 is 4.74 Å². The molecule has 6 nitrogen and oxygen atoms in total. The molecule has 6 heteroatoms. The third-order valence-electron chi connectivity index (χ3n) is 2.66. The molecule has 0 amide bonds. The fourth-order valence-electron chi connectivity index (χ4n) is 1.70. The summed E-state index contributed by atoms with van der Waals surface area (Å²) in [5.41, 5.74) is 0.916. The lowest BCUT2D eigenvalue weighted by atomic mass is 10.3. The van der Waals surface area contributed by atoms with Gasteiger partial charge in [-0.25, -0.2) is 4.98 Å². The summed E-state index contributed by atoms with van der Waals surface area (Å²) in [4.78, 5) is 6.45. The molecule has 1 fully saturated rings. The van der Waals surface area contributed by atoms with Crippen LogP contribution in [-0.4, -0.2) is 59.9 Å². The van der Waals surface area contributed by atoms with Gasteiger partial charge in [0.25, 0.3) is 0 Å². The Kier molecular flexibility index (Phi) is 4.01. The van der Waals surface area contributed by atoms with Gasteiger partial charge in [0.1, 0.15) is 0 Å².